The Morgan fingerprint density at radius 2 is 1.97 bits per heavy atom. The van der Waals surface area contributed by atoms with Gasteiger partial charge in [0.25, 0.3) is 5.91 Å². The van der Waals surface area contributed by atoms with Crippen molar-refractivity contribution >= 4 is 33.6 Å². The van der Waals surface area contributed by atoms with Gasteiger partial charge in [-0.2, -0.15) is 5.26 Å². The number of nitrogens with one attached hydrogen (secondary N) is 1. The van der Waals surface area contributed by atoms with E-state index in [1.54, 1.807) is 18.2 Å². The Hall–Kier alpha value is -3.94. The highest BCUT2D eigenvalue weighted by Crippen LogP contribution is 2.30. The fraction of sp³-hybridized carbons (Fsp3) is 0.280. The Morgan fingerprint density at radius 1 is 1.17 bits per heavy atom. The van der Waals surface area contributed by atoms with Crippen LogP contribution in [0.25, 0.3) is 6.08 Å². The smallest absolute Gasteiger partial charge is 0.268 e. The molecule has 3 aromatic rings. The number of carbonyl (C=O) groups is 1. The topological polar surface area (TPSA) is 110 Å². The summed E-state index contributed by atoms with van der Waals surface area (Å²) in [5.41, 5.74) is 1.61. The molecule has 1 fully saturated rings. The molecule has 0 spiro atoms. The fourth-order valence-corrected chi connectivity index (χ4v) is 4.16. The Kier molecular flexibility index (Phi) is 8.27. The molecule has 35 heavy (non-hydrogen) atoms. The SMILES string of the molecule is CCOc1cc(/C=C(/C#N)C(=O)Nc2nnc(N3CCOCC3)s2)ccc1OCc1ccccc1. The van der Waals surface area contributed by atoms with Gasteiger partial charge in [-0.1, -0.05) is 47.7 Å². The molecule has 1 aliphatic heterocycles. The quantitative estimate of drug-likeness (QED) is 0.355. The number of carbonyl (C=O) groups excluding carboxylic acids is 1. The van der Waals surface area contributed by atoms with Gasteiger partial charge in [-0.15, -0.1) is 10.2 Å². The van der Waals surface area contributed by atoms with E-state index in [-0.39, 0.29) is 5.57 Å². The molecule has 1 N–H and O–H groups in total. The summed E-state index contributed by atoms with van der Waals surface area (Å²) in [6.07, 6.45) is 1.50. The Bertz CT molecular complexity index is 1220. The Morgan fingerprint density at radius 3 is 2.71 bits per heavy atom. The number of aromatic nitrogens is 2. The normalized spacial score (nSPS) is 13.7. The number of rotatable bonds is 9. The molecule has 0 atom stereocenters. The lowest BCUT2D eigenvalue weighted by atomic mass is 10.1. The predicted molar refractivity (Wildman–Crippen MR) is 134 cm³/mol. The highest BCUT2D eigenvalue weighted by Gasteiger charge is 2.18. The van der Waals surface area contributed by atoms with Gasteiger partial charge in [0.1, 0.15) is 18.2 Å². The van der Waals surface area contributed by atoms with Crippen molar-refractivity contribution in [3.05, 3.63) is 65.2 Å². The summed E-state index contributed by atoms with van der Waals surface area (Å²) in [5.74, 6) is 0.564. The average Bonchev–Trinajstić information content (AvgIpc) is 3.36. The summed E-state index contributed by atoms with van der Waals surface area (Å²) in [7, 11) is 0. The molecule has 0 unspecified atom stereocenters. The van der Waals surface area contributed by atoms with Crippen LogP contribution in [-0.4, -0.2) is 49.0 Å². The van der Waals surface area contributed by atoms with Crippen molar-refractivity contribution in [2.75, 3.05) is 43.1 Å². The summed E-state index contributed by atoms with van der Waals surface area (Å²) in [6, 6.07) is 17.1. The Balaban J connectivity index is 1.45. The second-order valence-electron chi connectivity index (χ2n) is 7.53. The van der Waals surface area contributed by atoms with Crippen LogP contribution >= 0.6 is 11.3 Å². The molecule has 2 aromatic carbocycles. The molecule has 180 valence electrons. The largest absolute Gasteiger partial charge is 0.490 e. The van der Waals surface area contributed by atoms with E-state index in [0.29, 0.717) is 53.8 Å². The predicted octanol–water partition coefficient (Wildman–Crippen LogP) is 3.90. The number of morpholine rings is 1. The highest BCUT2D eigenvalue weighted by molar-refractivity contribution is 7.19. The third-order valence-corrected chi connectivity index (χ3v) is 6.00. The van der Waals surface area contributed by atoms with E-state index in [1.165, 1.54) is 17.4 Å². The van der Waals surface area contributed by atoms with Crippen LogP contribution in [0, 0.1) is 11.3 Å². The van der Waals surface area contributed by atoms with Gasteiger partial charge in [0.05, 0.1) is 19.8 Å². The second kappa shape index (κ2) is 12.0. The third kappa shape index (κ3) is 6.56. The minimum atomic E-state index is -0.556. The summed E-state index contributed by atoms with van der Waals surface area (Å²) in [4.78, 5) is 14.8. The van der Waals surface area contributed by atoms with Crippen molar-refractivity contribution < 1.29 is 19.0 Å². The highest BCUT2D eigenvalue weighted by atomic mass is 32.1. The van der Waals surface area contributed by atoms with E-state index in [2.05, 4.69) is 20.4 Å². The van der Waals surface area contributed by atoms with Crippen molar-refractivity contribution in [3.63, 3.8) is 0 Å². The first-order valence-corrected chi connectivity index (χ1v) is 12.0. The zero-order valence-corrected chi connectivity index (χ0v) is 20.1. The van der Waals surface area contributed by atoms with E-state index < -0.39 is 5.91 Å². The first kappa shape index (κ1) is 24.2. The second-order valence-corrected chi connectivity index (χ2v) is 8.48. The van der Waals surface area contributed by atoms with Crippen molar-refractivity contribution in [2.24, 2.45) is 0 Å². The first-order chi connectivity index (χ1) is 17.2. The van der Waals surface area contributed by atoms with E-state index in [9.17, 15) is 10.1 Å². The van der Waals surface area contributed by atoms with Gasteiger partial charge >= 0.3 is 0 Å². The molecule has 1 aliphatic rings. The molecule has 2 heterocycles. The number of ether oxygens (including phenoxy) is 3. The van der Waals surface area contributed by atoms with Gasteiger partial charge in [-0.25, -0.2) is 0 Å². The van der Waals surface area contributed by atoms with E-state index >= 15 is 0 Å². The maximum atomic E-state index is 12.7. The van der Waals surface area contributed by atoms with Crippen molar-refractivity contribution in [2.45, 2.75) is 13.5 Å². The Labute approximate surface area is 207 Å². The van der Waals surface area contributed by atoms with Crippen LogP contribution in [0.5, 0.6) is 11.5 Å². The summed E-state index contributed by atoms with van der Waals surface area (Å²) in [6.45, 7) is 5.42. The molecule has 0 radical (unpaired) electrons. The van der Waals surface area contributed by atoms with Gasteiger partial charge in [0.2, 0.25) is 10.3 Å². The van der Waals surface area contributed by atoms with Crippen LogP contribution in [0.15, 0.2) is 54.1 Å². The van der Waals surface area contributed by atoms with Crippen molar-refractivity contribution in [1.82, 2.24) is 10.2 Å². The van der Waals surface area contributed by atoms with Crippen molar-refractivity contribution in [1.29, 1.82) is 5.26 Å². The number of hydrogen-bond donors (Lipinski definition) is 1. The minimum Gasteiger partial charge on any atom is -0.490 e. The van der Waals surface area contributed by atoms with Crippen LogP contribution in [0.1, 0.15) is 18.1 Å². The molecule has 9 nitrogen and oxygen atoms in total. The number of amides is 1. The lowest BCUT2D eigenvalue weighted by Crippen LogP contribution is -2.36. The summed E-state index contributed by atoms with van der Waals surface area (Å²) in [5, 5.41) is 21.5. The first-order valence-electron chi connectivity index (χ1n) is 11.2. The molecule has 1 aromatic heterocycles. The lowest BCUT2D eigenvalue weighted by molar-refractivity contribution is -0.112. The number of nitrogens with zero attached hydrogens (tertiary/aromatic N) is 4. The molecule has 0 bridgehead atoms. The number of nitriles is 1. The van der Waals surface area contributed by atoms with Crippen LogP contribution < -0.4 is 19.7 Å². The maximum absolute atomic E-state index is 12.7. The van der Waals surface area contributed by atoms with Crippen LogP contribution in [0.4, 0.5) is 10.3 Å². The zero-order valence-electron chi connectivity index (χ0n) is 19.3. The van der Waals surface area contributed by atoms with Crippen molar-refractivity contribution in [3.8, 4) is 17.6 Å². The van der Waals surface area contributed by atoms with Gasteiger partial charge < -0.3 is 19.1 Å². The van der Waals surface area contributed by atoms with Crippen LogP contribution in [0.2, 0.25) is 0 Å². The standard InChI is InChI=1S/C25H25N5O4S/c1-2-33-22-15-19(8-9-21(22)34-17-18-6-4-3-5-7-18)14-20(16-26)23(31)27-24-28-29-25(35-24)30-10-12-32-13-11-30/h3-9,14-15H,2,10-13,17H2,1H3,(H,27,28,31)/b20-14-. The van der Waals surface area contributed by atoms with Gasteiger partial charge in [0.15, 0.2) is 11.5 Å². The lowest BCUT2D eigenvalue weighted by Gasteiger charge is -2.25. The molecular weight excluding hydrogens is 466 g/mol. The summed E-state index contributed by atoms with van der Waals surface area (Å²) >= 11 is 1.26. The van der Waals surface area contributed by atoms with E-state index in [4.69, 9.17) is 14.2 Å². The van der Waals surface area contributed by atoms with Gasteiger partial charge in [0, 0.05) is 13.1 Å². The number of benzene rings is 2. The monoisotopic (exact) mass is 491 g/mol. The molecule has 0 aliphatic carbocycles. The van der Waals surface area contributed by atoms with Crippen LogP contribution in [-0.2, 0) is 16.1 Å². The van der Waals surface area contributed by atoms with Gasteiger partial charge in [-0.3, -0.25) is 10.1 Å². The van der Waals surface area contributed by atoms with E-state index in [1.807, 2.05) is 43.3 Å². The maximum Gasteiger partial charge on any atom is 0.268 e. The van der Waals surface area contributed by atoms with Crippen LogP contribution in [0.3, 0.4) is 0 Å². The molecule has 10 heteroatoms. The molecule has 1 amide bonds. The number of anilines is 2. The molecule has 4 rings (SSSR count). The summed E-state index contributed by atoms with van der Waals surface area (Å²) < 4.78 is 17.0. The van der Waals surface area contributed by atoms with Gasteiger partial charge in [-0.05, 0) is 36.3 Å². The fourth-order valence-electron chi connectivity index (χ4n) is 3.37. The molecule has 1 saturated heterocycles. The third-order valence-electron chi connectivity index (χ3n) is 5.10. The molecule has 0 saturated carbocycles. The number of hydrogen-bond acceptors (Lipinski definition) is 9. The molecular formula is C25H25N5O4S. The minimum absolute atomic E-state index is 0.0616. The van der Waals surface area contributed by atoms with E-state index in [0.717, 1.165) is 18.7 Å². The zero-order chi connectivity index (χ0) is 24.5. The average molecular weight is 492 g/mol.